The SMILES string of the molecule is CC(Cl)c1cnc2ccc(Cl)cn12. The molecule has 0 bridgehead atoms. The zero-order valence-corrected chi connectivity index (χ0v) is 8.55. The third kappa shape index (κ3) is 1.52. The Morgan fingerprint density at radius 1 is 1.46 bits per heavy atom. The summed E-state index contributed by atoms with van der Waals surface area (Å²) in [6, 6.07) is 3.68. The van der Waals surface area contributed by atoms with Crippen LogP contribution in [0.1, 0.15) is 18.0 Å². The predicted molar refractivity (Wildman–Crippen MR) is 54.5 cm³/mol. The van der Waals surface area contributed by atoms with Gasteiger partial charge in [0, 0.05) is 6.20 Å². The van der Waals surface area contributed by atoms with Gasteiger partial charge in [-0.3, -0.25) is 0 Å². The van der Waals surface area contributed by atoms with Crippen LogP contribution in [0.3, 0.4) is 0 Å². The highest BCUT2D eigenvalue weighted by atomic mass is 35.5. The molecule has 0 radical (unpaired) electrons. The molecule has 68 valence electrons. The number of nitrogens with zero attached hydrogens (tertiary/aromatic N) is 2. The maximum absolute atomic E-state index is 5.97. The summed E-state index contributed by atoms with van der Waals surface area (Å²) in [5.74, 6) is 0. The van der Waals surface area contributed by atoms with E-state index in [1.807, 2.05) is 29.7 Å². The highest BCUT2D eigenvalue weighted by Gasteiger charge is 2.07. The molecule has 1 atom stereocenters. The zero-order valence-electron chi connectivity index (χ0n) is 7.04. The van der Waals surface area contributed by atoms with E-state index in [0.717, 1.165) is 11.3 Å². The summed E-state index contributed by atoms with van der Waals surface area (Å²) in [7, 11) is 0. The van der Waals surface area contributed by atoms with Crippen molar-refractivity contribution in [1.82, 2.24) is 9.38 Å². The summed E-state index contributed by atoms with van der Waals surface area (Å²) in [5.41, 5.74) is 1.83. The highest BCUT2D eigenvalue weighted by molar-refractivity contribution is 6.30. The minimum Gasteiger partial charge on any atom is -0.301 e. The van der Waals surface area contributed by atoms with Gasteiger partial charge in [-0.1, -0.05) is 11.6 Å². The number of hydrogen-bond donors (Lipinski definition) is 0. The molecule has 2 rings (SSSR count). The maximum Gasteiger partial charge on any atom is 0.137 e. The third-order valence-corrected chi connectivity index (χ3v) is 2.35. The Hall–Kier alpha value is -0.730. The van der Waals surface area contributed by atoms with Crippen LogP contribution in [0.15, 0.2) is 24.5 Å². The van der Waals surface area contributed by atoms with E-state index >= 15 is 0 Å². The Morgan fingerprint density at radius 3 is 2.92 bits per heavy atom. The molecule has 13 heavy (non-hydrogen) atoms. The first-order chi connectivity index (χ1) is 6.18. The number of hydrogen-bond acceptors (Lipinski definition) is 1. The molecule has 0 aliphatic heterocycles. The molecule has 0 N–H and O–H groups in total. The molecule has 2 heterocycles. The smallest absolute Gasteiger partial charge is 0.137 e. The van der Waals surface area contributed by atoms with E-state index < -0.39 is 0 Å². The van der Waals surface area contributed by atoms with Crippen LogP contribution >= 0.6 is 23.2 Å². The van der Waals surface area contributed by atoms with Crippen molar-refractivity contribution in [3.63, 3.8) is 0 Å². The molecule has 0 aliphatic rings. The first-order valence-corrected chi connectivity index (χ1v) is 4.76. The summed E-state index contributed by atoms with van der Waals surface area (Å²) in [6.07, 6.45) is 3.58. The number of fused-ring (bicyclic) bond motifs is 1. The van der Waals surface area contributed by atoms with Gasteiger partial charge >= 0.3 is 0 Å². The molecule has 2 aromatic rings. The molecule has 2 aromatic heterocycles. The van der Waals surface area contributed by atoms with Crippen molar-refractivity contribution in [3.05, 3.63) is 35.2 Å². The fourth-order valence-electron chi connectivity index (χ4n) is 1.27. The second-order valence-electron chi connectivity index (χ2n) is 2.87. The lowest BCUT2D eigenvalue weighted by Crippen LogP contribution is -1.92. The van der Waals surface area contributed by atoms with E-state index in [1.165, 1.54) is 0 Å². The van der Waals surface area contributed by atoms with Gasteiger partial charge in [0.15, 0.2) is 0 Å². The lowest BCUT2D eigenvalue weighted by molar-refractivity contribution is 0.963. The molecule has 0 aromatic carbocycles. The second-order valence-corrected chi connectivity index (χ2v) is 3.97. The number of aromatic nitrogens is 2. The van der Waals surface area contributed by atoms with Crippen molar-refractivity contribution in [3.8, 4) is 0 Å². The minimum absolute atomic E-state index is 0.0616. The number of alkyl halides is 1. The maximum atomic E-state index is 5.97. The summed E-state index contributed by atoms with van der Waals surface area (Å²) in [4.78, 5) is 4.20. The third-order valence-electron chi connectivity index (χ3n) is 1.91. The molecule has 0 spiro atoms. The van der Waals surface area contributed by atoms with E-state index in [4.69, 9.17) is 23.2 Å². The summed E-state index contributed by atoms with van der Waals surface area (Å²) in [6.45, 7) is 1.91. The number of pyridine rings is 1. The normalized spacial score (nSPS) is 13.5. The molecule has 0 amide bonds. The van der Waals surface area contributed by atoms with Crippen molar-refractivity contribution >= 4 is 28.8 Å². The summed E-state index contributed by atoms with van der Waals surface area (Å²) >= 11 is 11.8. The van der Waals surface area contributed by atoms with Crippen LogP contribution in [0.5, 0.6) is 0 Å². The lowest BCUT2D eigenvalue weighted by Gasteiger charge is -2.02. The van der Waals surface area contributed by atoms with Crippen LogP contribution in [0.2, 0.25) is 5.02 Å². The fraction of sp³-hybridized carbons (Fsp3) is 0.222. The van der Waals surface area contributed by atoms with Gasteiger partial charge in [-0.05, 0) is 19.1 Å². The van der Waals surface area contributed by atoms with Gasteiger partial charge in [-0.25, -0.2) is 4.98 Å². The summed E-state index contributed by atoms with van der Waals surface area (Å²) in [5, 5.41) is 0.623. The lowest BCUT2D eigenvalue weighted by atomic mass is 10.3. The number of imidazole rings is 1. The quantitative estimate of drug-likeness (QED) is 0.667. The van der Waals surface area contributed by atoms with E-state index in [9.17, 15) is 0 Å². The van der Waals surface area contributed by atoms with Gasteiger partial charge < -0.3 is 4.40 Å². The summed E-state index contributed by atoms with van der Waals surface area (Å²) < 4.78 is 1.90. The highest BCUT2D eigenvalue weighted by Crippen LogP contribution is 2.21. The zero-order chi connectivity index (χ0) is 9.42. The number of rotatable bonds is 1. The second kappa shape index (κ2) is 3.20. The van der Waals surface area contributed by atoms with E-state index in [1.54, 1.807) is 6.20 Å². The Balaban J connectivity index is 2.71. The molecule has 1 unspecified atom stereocenters. The van der Waals surface area contributed by atoms with Crippen LogP contribution in [0.4, 0.5) is 0 Å². The average molecular weight is 215 g/mol. The van der Waals surface area contributed by atoms with E-state index in [-0.39, 0.29) is 5.38 Å². The average Bonchev–Trinajstić information content (AvgIpc) is 2.46. The standard InChI is InChI=1S/C9H8Cl2N2/c1-6(10)8-4-12-9-3-2-7(11)5-13(8)9/h2-6H,1H3. The van der Waals surface area contributed by atoms with E-state index in [0.29, 0.717) is 5.02 Å². The van der Waals surface area contributed by atoms with Crippen LogP contribution < -0.4 is 0 Å². The van der Waals surface area contributed by atoms with Crippen molar-refractivity contribution in [2.45, 2.75) is 12.3 Å². The number of halogens is 2. The Labute approximate surface area is 86.1 Å². The largest absolute Gasteiger partial charge is 0.301 e. The van der Waals surface area contributed by atoms with Gasteiger partial charge in [0.2, 0.25) is 0 Å². The Morgan fingerprint density at radius 2 is 2.23 bits per heavy atom. The van der Waals surface area contributed by atoms with Gasteiger partial charge in [0.05, 0.1) is 22.3 Å². The molecule has 2 nitrogen and oxygen atoms in total. The van der Waals surface area contributed by atoms with Crippen molar-refractivity contribution in [2.24, 2.45) is 0 Å². The van der Waals surface area contributed by atoms with Crippen LogP contribution in [0.25, 0.3) is 5.65 Å². The first kappa shape index (κ1) is 8.85. The molecular weight excluding hydrogens is 207 g/mol. The van der Waals surface area contributed by atoms with Crippen LogP contribution in [0, 0.1) is 0 Å². The van der Waals surface area contributed by atoms with Crippen LogP contribution in [-0.2, 0) is 0 Å². The monoisotopic (exact) mass is 214 g/mol. The topological polar surface area (TPSA) is 17.3 Å². The Kier molecular flexibility index (Phi) is 2.18. The van der Waals surface area contributed by atoms with Crippen molar-refractivity contribution < 1.29 is 0 Å². The molecule has 0 fully saturated rings. The van der Waals surface area contributed by atoms with Crippen molar-refractivity contribution in [1.29, 1.82) is 0 Å². The predicted octanol–water partition coefficient (Wildman–Crippen LogP) is 3.29. The molecular formula is C9H8Cl2N2. The van der Waals surface area contributed by atoms with Gasteiger partial charge in [0.25, 0.3) is 0 Å². The Bertz CT molecular complexity index is 434. The minimum atomic E-state index is -0.0616. The van der Waals surface area contributed by atoms with Gasteiger partial charge in [-0.15, -0.1) is 11.6 Å². The molecule has 0 saturated carbocycles. The molecule has 0 aliphatic carbocycles. The van der Waals surface area contributed by atoms with Crippen molar-refractivity contribution in [2.75, 3.05) is 0 Å². The van der Waals surface area contributed by atoms with Gasteiger partial charge in [0.1, 0.15) is 5.65 Å². The van der Waals surface area contributed by atoms with Gasteiger partial charge in [-0.2, -0.15) is 0 Å². The molecule has 0 saturated heterocycles. The van der Waals surface area contributed by atoms with E-state index in [2.05, 4.69) is 4.98 Å². The fourth-order valence-corrected chi connectivity index (χ4v) is 1.59. The molecule has 4 heteroatoms. The van der Waals surface area contributed by atoms with Crippen LogP contribution in [-0.4, -0.2) is 9.38 Å². The first-order valence-electron chi connectivity index (χ1n) is 3.95.